The van der Waals surface area contributed by atoms with Gasteiger partial charge in [-0.2, -0.15) is 0 Å². The molecule has 0 aliphatic rings. The highest BCUT2D eigenvalue weighted by atomic mass is 19.1. The van der Waals surface area contributed by atoms with Gasteiger partial charge in [0.15, 0.2) is 0 Å². The predicted molar refractivity (Wildman–Crippen MR) is 116 cm³/mol. The second-order valence-electron chi connectivity index (χ2n) is 6.94. The average Bonchev–Trinajstić information content (AvgIpc) is 3.29. The molecule has 7 heteroatoms. The van der Waals surface area contributed by atoms with Gasteiger partial charge in [0.05, 0.1) is 0 Å². The second kappa shape index (κ2) is 9.21. The molecule has 0 bridgehead atoms. The molecular weight excluding hydrogens is 395 g/mol. The maximum absolute atomic E-state index is 13.4. The van der Waals surface area contributed by atoms with Crippen LogP contribution in [0.1, 0.15) is 30.0 Å². The van der Waals surface area contributed by atoms with Gasteiger partial charge in [-0.15, -0.1) is 10.2 Å². The number of aryl methyl sites for hydroxylation is 1. The van der Waals surface area contributed by atoms with Gasteiger partial charge in [0.2, 0.25) is 11.8 Å². The van der Waals surface area contributed by atoms with Gasteiger partial charge in [0.25, 0.3) is 0 Å². The Bertz CT molecular complexity index is 1140. The summed E-state index contributed by atoms with van der Waals surface area (Å²) in [5.74, 6) is 0.153. The first kappa shape index (κ1) is 20.3. The molecule has 1 aromatic heterocycles. The molecule has 0 aliphatic carbocycles. The first-order valence-corrected chi connectivity index (χ1v) is 9.93. The Hall–Kier alpha value is -4.00. The van der Waals surface area contributed by atoms with Gasteiger partial charge in [-0.3, -0.25) is 0 Å². The number of carbonyl (C=O) groups excluding carboxylic acids is 1. The van der Waals surface area contributed by atoms with Crippen molar-refractivity contribution < 1.29 is 13.6 Å². The summed E-state index contributed by atoms with van der Waals surface area (Å²) < 4.78 is 19.3. The Morgan fingerprint density at radius 2 is 1.68 bits per heavy atom. The Balaban J connectivity index is 1.58. The molecule has 4 aromatic rings. The van der Waals surface area contributed by atoms with Crippen molar-refractivity contribution in [1.29, 1.82) is 0 Å². The van der Waals surface area contributed by atoms with Crippen molar-refractivity contribution >= 4 is 11.7 Å². The van der Waals surface area contributed by atoms with Crippen LogP contribution in [-0.2, 0) is 6.42 Å². The summed E-state index contributed by atoms with van der Waals surface area (Å²) in [5.41, 5.74) is 3.21. The quantitative estimate of drug-likeness (QED) is 0.444. The molecule has 4 rings (SSSR count). The first-order chi connectivity index (χ1) is 15.1. The van der Waals surface area contributed by atoms with Crippen molar-refractivity contribution in [3.63, 3.8) is 0 Å². The molecule has 0 saturated carbocycles. The predicted octanol–water partition coefficient (Wildman–Crippen LogP) is 5.35. The zero-order valence-corrected chi connectivity index (χ0v) is 16.9. The minimum absolute atomic E-state index is 0.196. The van der Waals surface area contributed by atoms with Gasteiger partial charge in [-0.05, 0) is 53.9 Å². The number of halogens is 1. The van der Waals surface area contributed by atoms with Gasteiger partial charge < -0.3 is 15.1 Å². The SMILES string of the molecule is CCc1ccc(NC(=O)NC(c2ccc(F)cc2)c2nnc(-c3ccccc3)o2)cc1. The van der Waals surface area contributed by atoms with Gasteiger partial charge in [0, 0.05) is 11.3 Å². The van der Waals surface area contributed by atoms with Crippen molar-refractivity contribution in [2.24, 2.45) is 0 Å². The van der Waals surface area contributed by atoms with Crippen molar-refractivity contribution in [1.82, 2.24) is 15.5 Å². The molecule has 156 valence electrons. The number of urea groups is 1. The fourth-order valence-corrected chi connectivity index (χ4v) is 3.11. The normalized spacial score (nSPS) is 11.7. The lowest BCUT2D eigenvalue weighted by Gasteiger charge is -2.16. The summed E-state index contributed by atoms with van der Waals surface area (Å²) in [6.07, 6.45) is 0.917. The first-order valence-electron chi connectivity index (χ1n) is 9.93. The number of amides is 2. The fraction of sp³-hybridized carbons (Fsp3) is 0.125. The molecule has 0 radical (unpaired) electrons. The third-order valence-corrected chi connectivity index (χ3v) is 4.81. The monoisotopic (exact) mass is 416 g/mol. The number of nitrogens with one attached hydrogen (secondary N) is 2. The van der Waals surface area contributed by atoms with Crippen LogP contribution < -0.4 is 10.6 Å². The summed E-state index contributed by atoms with van der Waals surface area (Å²) in [7, 11) is 0. The van der Waals surface area contributed by atoms with Crippen LogP contribution in [0.4, 0.5) is 14.9 Å². The Kier molecular flexibility index (Phi) is 6.03. The lowest BCUT2D eigenvalue weighted by molar-refractivity contribution is 0.248. The van der Waals surface area contributed by atoms with Crippen LogP contribution in [-0.4, -0.2) is 16.2 Å². The maximum atomic E-state index is 13.4. The number of benzene rings is 3. The molecule has 0 fully saturated rings. The van der Waals surface area contributed by atoms with Crippen LogP contribution in [0.25, 0.3) is 11.5 Å². The summed E-state index contributed by atoms with van der Waals surface area (Å²) >= 11 is 0. The molecule has 2 amide bonds. The van der Waals surface area contributed by atoms with E-state index in [4.69, 9.17) is 4.42 Å². The molecule has 31 heavy (non-hydrogen) atoms. The van der Waals surface area contributed by atoms with Crippen LogP contribution >= 0.6 is 0 Å². The van der Waals surface area contributed by atoms with E-state index < -0.39 is 12.1 Å². The highest BCUT2D eigenvalue weighted by Gasteiger charge is 2.23. The number of aromatic nitrogens is 2. The zero-order chi connectivity index (χ0) is 21.6. The van der Waals surface area contributed by atoms with Crippen molar-refractivity contribution in [3.05, 3.63) is 102 Å². The molecule has 0 aliphatic heterocycles. The van der Waals surface area contributed by atoms with Crippen molar-refractivity contribution in [3.8, 4) is 11.5 Å². The van der Waals surface area contributed by atoms with Gasteiger partial charge in [0.1, 0.15) is 11.9 Å². The third-order valence-electron chi connectivity index (χ3n) is 4.81. The number of rotatable bonds is 6. The summed E-state index contributed by atoms with van der Waals surface area (Å²) in [6, 6.07) is 21.5. The second-order valence-corrected chi connectivity index (χ2v) is 6.94. The minimum atomic E-state index is -0.750. The van der Waals surface area contributed by atoms with E-state index in [1.54, 1.807) is 12.1 Å². The van der Waals surface area contributed by atoms with Crippen molar-refractivity contribution in [2.45, 2.75) is 19.4 Å². The van der Waals surface area contributed by atoms with Crippen LogP contribution in [0.15, 0.2) is 83.3 Å². The van der Waals surface area contributed by atoms with E-state index in [2.05, 4.69) is 27.8 Å². The number of hydrogen-bond acceptors (Lipinski definition) is 4. The summed E-state index contributed by atoms with van der Waals surface area (Å²) in [5, 5.41) is 13.9. The van der Waals surface area contributed by atoms with Crippen LogP contribution in [0.2, 0.25) is 0 Å². The third kappa shape index (κ3) is 4.95. The molecule has 0 spiro atoms. The molecule has 0 saturated heterocycles. The molecule has 6 nitrogen and oxygen atoms in total. The van der Waals surface area contributed by atoms with E-state index in [1.807, 2.05) is 54.6 Å². The fourth-order valence-electron chi connectivity index (χ4n) is 3.11. The summed E-state index contributed by atoms with van der Waals surface area (Å²) in [4.78, 5) is 12.7. The molecule has 1 unspecified atom stereocenters. The number of anilines is 1. The highest BCUT2D eigenvalue weighted by molar-refractivity contribution is 5.89. The lowest BCUT2D eigenvalue weighted by Crippen LogP contribution is -2.33. The van der Waals surface area contributed by atoms with E-state index in [9.17, 15) is 9.18 Å². The van der Waals surface area contributed by atoms with Crippen LogP contribution in [0, 0.1) is 5.82 Å². The largest absolute Gasteiger partial charge is 0.418 e. The molecule has 1 heterocycles. The van der Waals surface area contributed by atoms with Gasteiger partial charge >= 0.3 is 6.03 Å². The van der Waals surface area contributed by atoms with Crippen LogP contribution in [0.3, 0.4) is 0 Å². The zero-order valence-electron chi connectivity index (χ0n) is 16.9. The smallest absolute Gasteiger partial charge is 0.320 e. The number of hydrogen-bond donors (Lipinski definition) is 2. The Labute approximate surface area is 179 Å². The standard InChI is InChI=1S/C24H21FN4O2/c1-2-16-8-14-20(15-9-16)26-24(30)27-21(17-10-12-19(25)13-11-17)23-29-28-22(31-23)18-6-4-3-5-7-18/h3-15,21H,2H2,1H3,(H2,26,27,30). The average molecular weight is 416 g/mol. The maximum Gasteiger partial charge on any atom is 0.320 e. The minimum Gasteiger partial charge on any atom is -0.418 e. The van der Waals surface area contributed by atoms with E-state index in [0.717, 1.165) is 12.0 Å². The van der Waals surface area contributed by atoms with E-state index >= 15 is 0 Å². The Morgan fingerprint density at radius 1 is 0.968 bits per heavy atom. The van der Waals surface area contributed by atoms with E-state index in [1.165, 1.54) is 17.7 Å². The number of nitrogens with zero attached hydrogens (tertiary/aromatic N) is 2. The van der Waals surface area contributed by atoms with Crippen molar-refractivity contribution in [2.75, 3.05) is 5.32 Å². The van der Waals surface area contributed by atoms with Crippen LogP contribution in [0.5, 0.6) is 0 Å². The molecular formula is C24H21FN4O2. The number of carbonyl (C=O) groups is 1. The molecule has 2 N–H and O–H groups in total. The molecule has 3 aromatic carbocycles. The molecule has 1 atom stereocenters. The van der Waals surface area contributed by atoms with E-state index in [0.29, 0.717) is 17.1 Å². The van der Waals surface area contributed by atoms with Gasteiger partial charge in [-0.25, -0.2) is 9.18 Å². The topological polar surface area (TPSA) is 80.0 Å². The van der Waals surface area contributed by atoms with E-state index in [-0.39, 0.29) is 11.7 Å². The lowest BCUT2D eigenvalue weighted by atomic mass is 10.1. The van der Waals surface area contributed by atoms with Gasteiger partial charge in [-0.1, -0.05) is 49.4 Å². The highest BCUT2D eigenvalue weighted by Crippen LogP contribution is 2.25. The summed E-state index contributed by atoms with van der Waals surface area (Å²) in [6.45, 7) is 2.07. The Morgan fingerprint density at radius 3 is 2.35 bits per heavy atom.